The van der Waals surface area contributed by atoms with E-state index in [2.05, 4.69) is 0 Å². The lowest BCUT2D eigenvalue weighted by molar-refractivity contribution is -0.151. The molecule has 82 valence electrons. The molecule has 0 aliphatic carbocycles. The summed E-state index contributed by atoms with van der Waals surface area (Å²) in [6, 6.07) is 0. The monoisotopic (exact) mass is 203 g/mol. The Morgan fingerprint density at radius 2 is 2.00 bits per heavy atom. The number of hydrogen-bond acceptors (Lipinski definition) is 4. The minimum atomic E-state index is -0.533. The molecule has 14 heavy (non-hydrogen) atoms. The molecule has 0 spiro atoms. The van der Waals surface area contributed by atoms with Crippen LogP contribution in [0.1, 0.15) is 13.8 Å². The normalized spacial score (nSPS) is 12.0. The van der Waals surface area contributed by atoms with Crippen LogP contribution in [0.15, 0.2) is 0 Å². The summed E-state index contributed by atoms with van der Waals surface area (Å²) < 4.78 is 9.53. The average Bonchev–Trinajstić information content (AvgIpc) is 2.15. The molecule has 0 N–H and O–H groups in total. The molecule has 0 aliphatic rings. The summed E-state index contributed by atoms with van der Waals surface area (Å²) >= 11 is 0. The molecule has 5 nitrogen and oxygen atoms in total. The number of nitrogens with zero attached hydrogens (tertiary/aromatic N) is 1. The van der Waals surface area contributed by atoms with Crippen LogP contribution in [0.25, 0.3) is 0 Å². The van der Waals surface area contributed by atoms with E-state index in [9.17, 15) is 9.59 Å². The van der Waals surface area contributed by atoms with E-state index in [0.717, 1.165) is 0 Å². The first-order chi connectivity index (χ1) is 6.52. The van der Waals surface area contributed by atoms with Crippen LogP contribution in [-0.2, 0) is 19.1 Å². The molecule has 0 bridgehead atoms. The molecule has 0 rings (SSSR count). The number of likely N-dealkylation sites (N-methyl/N-ethyl adjacent to an activating group) is 1. The van der Waals surface area contributed by atoms with Crippen LogP contribution in [0.4, 0.5) is 0 Å². The van der Waals surface area contributed by atoms with Crippen molar-refractivity contribution in [2.75, 3.05) is 27.3 Å². The van der Waals surface area contributed by atoms with Gasteiger partial charge in [0.2, 0.25) is 0 Å². The highest BCUT2D eigenvalue weighted by atomic mass is 16.5. The topological polar surface area (TPSA) is 55.8 Å². The second-order valence-electron chi connectivity index (χ2n) is 2.88. The SMILES string of the molecule is CCOC(=O)CN(C)C(=O)C(C)OC. The Balaban J connectivity index is 4.01. The number of carbonyl (C=O) groups excluding carboxylic acids is 2. The second-order valence-corrected chi connectivity index (χ2v) is 2.88. The van der Waals surface area contributed by atoms with Gasteiger partial charge in [-0.1, -0.05) is 0 Å². The van der Waals surface area contributed by atoms with Crippen LogP contribution in [0.2, 0.25) is 0 Å². The van der Waals surface area contributed by atoms with Crippen molar-refractivity contribution >= 4 is 11.9 Å². The molecule has 0 aromatic heterocycles. The van der Waals surface area contributed by atoms with Crippen LogP contribution < -0.4 is 0 Å². The number of carbonyl (C=O) groups is 2. The van der Waals surface area contributed by atoms with Gasteiger partial charge in [0.1, 0.15) is 12.6 Å². The Kier molecular flexibility index (Phi) is 5.87. The zero-order valence-corrected chi connectivity index (χ0v) is 9.07. The number of methoxy groups -OCH3 is 1. The van der Waals surface area contributed by atoms with E-state index in [-0.39, 0.29) is 12.5 Å². The predicted molar refractivity (Wildman–Crippen MR) is 50.7 cm³/mol. The molecule has 1 unspecified atom stereocenters. The minimum absolute atomic E-state index is 0.0413. The molecule has 5 heteroatoms. The zero-order chi connectivity index (χ0) is 11.1. The van der Waals surface area contributed by atoms with Crippen molar-refractivity contribution in [3.8, 4) is 0 Å². The summed E-state index contributed by atoms with van der Waals surface area (Å²) in [7, 11) is 2.98. The van der Waals surface area contributed by atoms with E-state index in [1.807, 2.05) is 0 Å². The first-order valence-corrected chi connectivity index (χ1v) is 4.46. The molecule has 0 aromatic carbocycles. The van der Waals surface area contributed by atoms with E-state index in [1.165, 1.54) is 19.1 Å². The molecule has 0 radical (unpaired) electrons. The summed E-state index contributed by atoms with van der Waals surface area (Å²) in [6.45, 7) is 3.63. The Morgan fingerprint density at radius 3 is 2.43 bits per heavy atom. The molecule has 0 aliphatic heterocycles. The third-order valence-electron chi connectivity index (χ3n) is 1.75. The summed E-state index contributed by atoms with van der Waals surface area (Å²) in [4.78, 5) is 23.7. The number of ether oxygens (including phenoxy) is 2. The maximum absolute atomic E-state index is 11.4. The Bertz CT molecular complexity index is 205. The van der Waals surface area contributed by atoms with Gasteiger partial charge < -0.3 is 14.4 Å². The second kappa shape index (κ2) is 6.37. The van der Waals surface area contributed by atoms with Gasteiger partial charge in [-0.3, -0.25) is 9.59 Å². The highest BCUT2D eigenvalue weighted by Crippen LogP contribution is 1.95. The third-order valence-corrected chi connectivity index (χ3v) is 1.75. The summed E-state index contributed by atoms with van der Waals surface area (Å²) in [5.74, 6) is -0.646. The molecule has 0 aromatic rings. The maximum atomic E-state index is 11.4. The molecule has 0 saturated heterocycles. The quantitative estimate of drug-likeness (QED) is 0.592. The van der Waals surface area contributed by atoms with E-state index < -0.39 is 12.1 Å². The Morgan fingerprint density at radius 1 is 1.43 bits per heavy atom. The van der Waals surface area contributed by atoms with E-state index in [0.29, 0.717) is 6.61 Å². The first kappa shape index (κ1) is 12.9. The summed E-state index contributed by atoms with van der Waals surface area (Å²) in [5, 5.41) is 0. The lowest BCUT2D eigenvalue weighted by Crippen LogP contribution is -2.39. The van der Waals surface area contributed by atoms with Crippen molar-refractivity contribution in [3.05, 3.63) is 0 Å². The largest absolute Gasteiger partial charge is 0.465 e. The fourth-order valence-corrected chi connectivity index (χ4v) is 0.889. The zero-order valence-electron chi connectivity index (χ0n) is 9.07. The van der Waals surface area contributed by atoms with Crippen molar-refractivity contribution in [1.82, 2.24) is 4.90 Å². The molecule has 0 heterocycles. The Hall–Kier alpha value is -1.10. The van der Waals surface area contributed by atoms with Gasteiger partial charge in [0.05, 0.1) is 6.61 Å². The smallest absolute Gasteiger partial charge is 0.325 e. The van der Waals surface area contributed by atoms with Gasteiger partial charge in [-0.2, -0.15) is 0 Å². The fraction of sp³-hybridized carbons (Fsp3) is 0.778. The standard InChI is InChI=1S/C9H17NO4/c1-5-14-8(11)6-10(3)9(12)7(2)13-4/h7H,5-6H2,1-4H3. The lowest BCUT2D eigenvalue weighted by atomic mass is 10.3. The van der Waals surface area contributed by atoms with Crippen LogP contribution >= 0.6 is 0 Å². The van der Waals surface area contributed by atoms with Gasteiger partial charge in [0, 0.05) is 14.2 Å². The van der Waals surface area contributed by atoms with Gasteiger partial charge in [0.25, 0.3) is 5.91 Å². The molecule has 1 amide bonds. The molecule has 1 atom stereocenters. The molecule has 0 fully saturated rings. The van der Waals surface area contributed by atoms with E-state index in [4.69, 9.17) is 9.47 Å². The van der Waals surface area contributed by atoms with E-state index >= 15 is 0 Å². The van der Waals surface area contributed by atoms with Crippen LogP contribution in [-0.4, -0.2) is 50.2 Å². The van der Waals surface area contributed by atoms with Gasteiger partial charge in [-0.05, 0) is 13.8 Å². The highest BCUT2D eigenvalue weighted by molar-refractivity contribution is 5.84. The van der Waals surface area contributed by atoms with Gasteiger partial charge in [0.15, 0.2) is 0 Å². The average molecular weight is 203 g/mol. The number of hydrogen-bond donors (Lipinski definition) is 0. The van der Waals surface area contributed by atoms with Crippen molar-refractivity contribution in [2.45, 2.75) is 20.0 Å². The van der Waals surface area contributed by atoms with Crippen molar-refractivity contribution in [3.63, 3.8) is 0 Å². The molecule has 0 saturated carbocycles. The number of esters is 1. The predicted octanol–water partition coefficient (Wildman–Crippen LogP) is 0.0428. The minimum Gasteiger partial charge on any atom is -0.465 e. The molecular formula is C9H17NO4. The van der Waals surface area contributed by atoms with Gasteiger partial charge in [-0.25, -0.2) is 0 Å². The van der Waals surface area contributed by atoms with Crippen molar-refractivity contribution in [1.29, 1.82) is 0 Å². The molecular weight excluding hydrogens is 186 g/mol. The van der Waals surface area contributed by atoms with Gasteiger partial charge in [-0.15, -0.1) is 0 Å². The lowest BCUT2D eigenvalue weighted by Gasteiger charge is -2.19. The van der Waals surface area contributed by atoms with Crippen LogP contribution in [0, 0.1) is 0 Å². The Labute approximate surface area is 84.0 Å². The van der Waals surface area contributed by atoms with Crippen LogP contribution in [0.3, 0.4) is 0 Å². The highest BCUT2D eigenvalue weighted by Gasteiger charge is 2.19. The van der Waals surface area contributed by atoms with Gasteiger partial charge >= 0.3 is 5.97 Å². The third kappa shape index (κ3) is 4.23. The number of rotatable bonds is 5. The van der Waals surface area contributed by atoms with Crippen molar-refractivity contribution < 1.29 is 19.1 Å². The van der Waals surface area contributed by atoms with Crippen LogP contribution in [0.5, 0.6) is 0 Å². The van der Waals surface area contributed by atoms with E-state index in [1.54, 1.807) is 13.8 Å². The van der Waals surface area contributed by atoms with Crippen molar-refractivity contribution in [2.24, 2.45) is 0 Å². The summed E-state index contributed by atoms with van der Waals surface area (Å²) in [6.07, 6.45) is -0.533. The fourth-order valence-electron chi connectivity index (χ4n) is 0.889. The summed E-state index contributed by atoms with van der Waals surface area (Å²) in [5.41, 5.74) is 0. The maximum Gasteiger partial charge on any atom is 0.325 e. The number of amides is 1. The first-order valence-electron chi connectivity index (χ1n) is 4.46.